The smallest absolute Gasteiger partial charge is 0.227 e. The minimum absolute atomic E-state index is 0.138. The Morgan fingerprint density at radius 3 is 2.26 bits per heavy atom. The second-order valence-corrected chi connectivity index (χ2v) is 11.3. The number of pyridine rings is 1. The summed E-state index contributed by atoms with van der Waals surface area (Å²) in [6.45, 7) is 10.8. The molecule has 3 heterocycles. The first kappa shape index (κ1) is 30.9. The van der Waals surface area contributed by atoms with Crippen molar-refractivity contribution in [2.75, 3.05) is 31.7 Å². The highest BCUT2D eigenvalue weighted by molar-refractivity contribution is 7.98. The molecule has 1 aliphatic heterocycles. The van der Waals surface area contributed by atoms with Crippen molar-refractivity contribution in [3.63, 3.8) is 0 Å². The number of hydrogen-bond acceptors (Lipinski definition) is 9. The zero-order chi connectivity index (χ0) is 28.0. The highest BCUT2D eigenvalue weighted by Crippen LogP contribution is 2.26. The molecule has 1 aliphatic rings. The third kappa shape index (κ3) is 11.8. The van der Waals surface area contributed by atoms with Crippen molar-refractivity contribution in [2.45, 2.75) is 51.5 Å². The molecule has 2 aromatic heterocycles. The van der Waals surface area contributed by atoms with E-state index in [1.807, 2.05) is 30.5 Å². The van der Waals surface area contributed by atoms with Gasteiger partial charge in [0.15, 0.2) is 6.29 Å². The van der Waals surface area contributed by atoms with E-state index in [-0.39, 0.29) is 6.10 Å². The van der Waals surface area contributed by atoms with Crippen molar-refractivity contribution >= 4 is 35.8 Å². The SMILES string of the molecule is CC(C)(C)C.CSc1ccc(Nc2ncnc(OC3CCN(C)CC3)c2C=N)cc1.O=Cc1cccnc1. The number of ether oxygens (including phenoxy) is 1. The molecule has 0 spiro atoms. The Balaban J connectivity index is 0.000000320. The number of hydrogen-bond donors (Lipinski definition) is 2. The van der Waals surface area contributed by atoms with E-state index in [9.17, 15) is 4.79 Å². The quantitative estimate of drug-likeness (QED) is 0.204. The Bertz CT molecular complexity index is 1110. The van der Waals surface area contributed by atoms with Crippen LogP contribution in [0.15, 0.2) is 60.0 Å². The minimum Gasteiger partial charge on any atom is -0.474 e. The molecular formula is C29H40N6O2S. The van der Waals surface area contributed by atoms with E-state index in [4.69, 9.17) is 10.1 Å². The number of aromatic nitrogens is 3. The second kappa shape index (κ2) is 15.8. The molecule has 4 rings (SSSR count). The van der Waals surface area contributed by atoms with Gasteiger partial charge in [-0.15, -0.1) is 11.8 Å². The normalized spacial score (nSPS) is 13.7. The van der Waals surface area contributed by atoms with E-state index in [2.05, 4.69) is 59.9 Å². The zero-order valence-electron chi connectivity index (χ0n) is 23.3. The Kier molecular flexibility index (Phi) is 12.9. The van der Waals surface area contributed by atoms with Crippen LogP contribution in [0, 0.1) is 10.8 Å². The number of carbonyl (C=O) groups is 1. The van der Waals surface area contributed by atoms with E-state index in [0.717, 1.165) is 37.9 Å². The van der Waals surface area contributed by atoms with Gasteiger partial charge in [0.1, 0.15) is 18.2 Å². The number of aldehydes is 1. The molecular weight excluding hydrogens is 496 g/mol. The summed E-state index contributed by atoms with van der Waals surface area (Å²) in [5, 5.41) is 11.0. The molecule has 1 fully saturated rings. The Morgan fingerprint density at radius 1 is 1.11 bits per heavy atom. The maximum absolute atomic E-state index is 9.97. The molecule has 8 nitrogen and oxygen atoms in total. The summed E-state index contributed by atoms with van der Waals surface area (Å²) < 4.78 is 6.07. The van der Waals surface area contributed by atoms with Crippen molar-refractivity contribution in [2.24, 2.45) is 5.41 Å². The first-order valence-electron chi connectivity index (χ1n) is 12.6. The number of rotatable bonds is 7. The molecule has 0 bridgehead atoms. The largest absolute Gasteiger partial charge is 0.474 e. The van der Waals surface area contributed by atoms with Crippen LogP contribution in [0.25, 0.3) is 0 Å². The van der Waals surface area contributed by atoms with E-state index in [1.165, 1.54) is 23.6 Å². The number of carbonyl (C=O) groups excluding carboxylic acids is 1. The second-order valence-electron chi connectivity index (χ2n) is 10.5. The van der Waals surface area contributed by atoms with Crippen molar-refractivity contribution in [1.29, 1.82) is 5.41 Å². The molecule has 3 aromatic rings. The third-order valence-corrected chi connectivity index (χ3v) is 5.85. The fraction of sp³-hybridized carbons (Fsp3) is 0.414. The van der Waals surface area contributed by atoms with Crippen molar-refractivity contribution < 1.29 is 9.53 Å². The molecule has 0 atom stereocenters. The highest BCUT2D eigenvalue weighted by atomic mass is 32.2. The lowest BCUT2D eigenvalue weighted by molar-refractivity contribution is 0.109. The standard InChI is InChI=1S/C18H23N5OS.C6H5NO.C5H12/c1-23-9-7-14(8-10-23)24-18-16(11-19)17(20-12-21-18)22-13-3-5-15(25-2)6-4-13;8-5-6-2-1-3-7-4-6;1-5(2,3)4/h3-6,11-12,14,19H,7-10H2,1-2H3,(H,20,21,22);1-5H;1-4H3. The maximum atomic E-state index is 9.97. The van der Waals surface area contributed by atoms with Crippen molar-refractivity contribution in [1.82, 2.24) is 19.9 Å². The van der Waals surface area contributed by atoms with E-state index in [0.29, 0.717) is 28.2 Å². The number of piperidine rings is 1. The summed E-state index contributed by atoms with van der Waals surface area (Å²) in [6.07, 6.45) is 10.8. The van der Waals surface area contributed by atoms with Crippen LogP contribution in [0.4, 0.5) is 11.5 Å². The third-order valence-electron chi connectivity index (χ3n) is 5.11. The summed E-state index contributed by atoms with van der Waals surface area (Å²) in [4.78, 5) is 25.7. The summed E-state index contributed by atoms with van der Waals surface area (Å²) in [7, 11) is 2.12. The van der Waals surface area contributed by atoms with Gasteiger partial charge in [-0.05, 0) is 68.0 Å². The summed E-state index contributed by atoms with van der Waals surface area (Å²) in [5.74, 6) is 1.06. The summed E-state index contributed by atoms with van der Waals surface area (Å²) in [6, 6.07) is 11.5. The van der Waals surface area contributed by atoms with Crippen molar-refractivity contribution in [3.05, 3.63) is 66.2 Å². The topological polar surface area (TPSA) is 104 Å². The van der Waals surface area contributed by atoms with Crippen molar-refractivity contribution in [3.8, 4) is 5.88 Å². The molecule has 0 saturated carbocycles. The molecule has 1 aromatic carbocycles. The Morgan fingerprint density at radius 2 is 1.76 bits per heavy atom. The molecule has 0 unspecified atom stereocenters. The number of anilines is 2. The number of benzene rings is 1. The van der Waals surface area contributed by atoms with Crippen LogP contribution in [-0.2, 0) is 0 Å². The molecule has 38 heavy (non-hydrogen) atoms. The van der Waals surface area contributed by atoms with Crippen LogP contribution in [0.2, 0.25) is 0 Å². The maximum Gasteiger partial charge on any atom is 0.227 e. The average Bonchev–Trinajstić information content (AvgIpc) is 2.90. The van der Waals surface area contributed by atoms with Crippen LogP contribution in [0.3, 0.4) is 0 Å². The first-order chi connectivity index (χ1) is 18.1. The number of nitrogens with zero attached hydrogens (tertiary/aromatic N) is 4. The number of thioether (sulfide) groups is 1. The van der Waals surface area contributed by atoms with E-state index in [1.54, 1.807) is 30.1 Å². The lowest BCUT2D eigenvalue weighted by atomic mass is 10.0. The van der Waals surface area contributed by atoms with Gasteiger partial charge in [-0.3, -0.25) is 9.78 Å². The molecule has 0 aliphatic carbocycles. The molecule has 2 N–H and O–H groups in total. The van der Waals surface area contributed by atoms with Gasteiger partial charge in [0.25, 0.3) is 0 Å². The fourth-order valence-corrected chi connectivity index (χ4v) is 3.63. The molecule has 0 radical (unpaired) electrons. The van der Waals surface area contributed by atoms with Gasteiger partial charge >= 0.3 is 0 Å². The van der Waals surface area contributed by atoms with E-state index >= 15 is 0 Å². The number of likely N-dealkylation sites (tertiary alicyclic amines) is 1. The van der Waals surface area contributed by atoms with Crippen LogP contribution in [-0.4, -0.2) is 64.8 Å². The summed E-state index contributed by atoms with van der Waals surface area (Å²) in [5.41, 5.74) is 2.62. The van der Waals surface area contributed by atoms with E-state index < -0.39 is 0 Å². The molecule has 204 valence electrons. The minimum atomic E-state index is 0.138. The average molecular weight is 537 g/mol. The van der Waals surface area contributed by atoms with Crippen LogP contribution in [0.1, 0.15) is 56.5 Å². The predicted octanol–water partition coefficient (Wildman–Crippen LogP) is 6.36. The van der Waals surface area contributed by atoms with Gasteiger partial charge in [0, 0.05) is 47.8 Å². The van der Waals surface area contributed by atoms with Crippen LogP contribution < -0.4 is 10.1 Å². The Labute approximate surface area is 231 Å². The van der Waals surface area contributed by atoms with Gasteiger partial charge < -0.3 is 20.4 Å². The molecule has 9 heteroatoms. The monoisotopic (exact) mass is 536 g/mol. The van der Waals surface area contributed by atoms with Gasteiger partial charge in [0.05, 0.1) is 5.56 Å². The zero-order valence-corrected chi connectivity index (χ0v) is 24.1. The number of nitrogens with one attached hydrogen (secondary N) is 2. The summed E-state index contributed by atoms with van der Waals surface area (Å²) >= 11 is 1.70. The first-order valence-corrected chi connectivity index (χ1v) is 13.8. The van der Waals surface area contributed by atoms with Crippen LogP contribution in [0.5, 0.6) is 5.88 Å². The fourth-order valence-electron chi connectivity index (χ4n) is 3.22. The van der Waals surface area contributed by atoms with Gasteiger partial charge in [-0.25, -0.2) is 9.97 Å². The predicted molar refractivity (Wildman–Crippen MR) is 157 cm³/mol. The Hall–Kier alpha value is -3.30. The van der Waals surface area contributed by atoms with Gasteiger partial charge in [-0.2, -0.15) is 0 Å². The van der Waals surface area contributed by atoms with Crippen LogP contribution >= 0.6 is 11.8 Å². The molecule has 1 saturated heterocycles. The van der Waals surface area contributed by atoms with Gasteiger partial charge in [-0.1, -0.05) is 27.7 Å². The lowest BCUT2D eigenvalue weighted by Gasteiger charge is -2.29. The highest BCUT2D eigenvalue weighted by Gasteiger charge is 2.21. The lowest BCUT2D eigenvalue weighted by Crippen LogP contribution is -2.36. The molecule has 0 amide bonds. The van der Waals surface area contributed by atoms with Gasteiger partial charge in [0.2, 0.25) is 5.88 Å².